The van der Waals surface area contributed by atoms with Gasteiger partial charge >= 0.3 is 12.4 Å². The molecule has 0 radical (unpaired) electrons. The summed E-state index contributed by atoms with van der Waals surface area (Å²) < 4.78 is 82.2. The predicted octanol–water partition coefficient (Wildman–Crippen LogP) is 6.08. The zero-order chi connectivity index (χ0) is 17.3. The lowest BCUT2D eigenvalue weighted by molar-refractivity contribution is -0.139. The smallest absolute Gasteiger partial charge is 0.419 e. The lowest BCUT2D eigenvalue weighted by Gasteiger charge is -2.15. The second kappa shape index (κ2) is 6.14. The molecule has 7 heteroatoms. The van der Waals surface area contributed by atoms with E-state index >= 15 is 0 Å². The Bertz CT molecular complexity index is 688. The van der Waals surface area contributed by atoms with Gasteiger partial charge in [0.1, 0.15) is 11.5 Å². The van der Waals surface area contributed by atoms with Crippen LogP contribution < -0.4 is 4.74 Å². The van der Waals surface area contributed by atoms with Crippen LogP contribution in [0, 0.1) is 0 Å². The summed E-state index contributed by atoms with van der Waals surface area (Å²) in [5, 5.41) is 0. The van der Waals surface area contributed by atoms with Crippen molar-refractivity contribution < 1.29 is 31.1 Å². The molecule has 0 saturated carbocycles. The number of ether oxygens (including phenoxy) is 1. The van der Waals surface area contributed by atoms with E-state index in [0.717, 1.165) is 24.3 Å². The molecule has 2 aromatic carbocycles. The van der Waals surface area contributed by atoms with Crippen LogP contribution in [0.15, 0.2) is 42.5 Å². The number of hydrogen-bond acceptors (Lipinski definition) is 1. The first-order chi connectivity index (χ1) is 10.6. The molecule has 0 spiro atoms. The molecule has 0 amide bonds. The molecule has 0 heterocycles. The number of alkyl halides is 6. The molecule has 0 saturated heterocycles. The van der Waals surface area contributed by atoms with Crippen molar-refractivity contribution in [3.8, 4) is 11.5 Å². The monoisotopic (exact) mass is 334 g/mol. The van der Waals surface area contributed by atoms with Gasteiger partial charge in [0.2, 0.25) is 0 Å². The molecule has 0 aliphatic heterocycles. The van der Waals surface area contributed by atoms with Gasteiger partial charge in [-0.25, -0.2) is 0 Å². The van der Waals surface area contributed by atoms with Gasteiger partial charge in [-0.15, -0.1) is 0 Å². The van der Waals surface area contributed by atoms with Crippen molar-refractivity contribution in [2.24, 2.45) is 0 Å². The highest BCUT2D eigenvalue weighted by Crippen LogP contribution is 2.39. The zero-order valence-electron chi connectivity index (χ0n) is 11.9. The van der Waals surface area contributed by atoms with E-state index in [1.807, 2.05) is 0 Å². The van der Waals surface area contributed by atoms with Gasteiger partial charge in [-0.05, 0) is 42.3 Å². The minimum atomic E-state index is -4.66. The maximum Gasteiger partial charge on any atom is 0.419 e. The van der Waals surface area contributed by atoms with E-state index in [0.29, 0.717) is 18.1 Å². The molecule has 2 rings (SSSR count). The third-order valence-electron chi connectivity index (χ3n) is 3.15. The highest BCUT2D eigenvalue weighted by Gasteiger charge is 2.35. The van der Waals surface area contributed by atoms with Crippen LogP contribution in [0.25, 0.3) is 0 Å². The lowest BCUT2D eigenvalue weighted by atomic mass is 10.1. The Hall–Kier alpha value is -2.18. The maximum atomic E-state index is 13.1. The average Bonchev–Trinajstić information content (AvgIpc) is 2.46. The first-order valence-electron chi connectivity index (χ1n) is 6.66. The SMILES string of the molecule is CCc1ccc(Oc2cccc(C(F)(F)F)c2)c(C(F)(F)F)c1. The van der Waals surface area contributed by atoms with Crippen molar-refractivity contribution in [1.82, 2.24) is 0 Å². The van der Waals surface area contributed by atoms with E-state index in [1.165, 1.54) is 12.1 Å². The van der Waals surface area contributed by atoms with Gasteiger partial charge in [0, 0.05) is 0 Å². The molecule has 0 aliphatic rings. The number of halogens is 6. The number of hydrogen-bond donors (Lipinski definition) is 0. The van der Waals surface area contributed by atoms with Gasteiger partial charge in [-0.1, -0.05) is 19.1 Å². The largest absolute Gasteiger partial charge is 0.457 e. The van der Waals surface area contributed by atoms with Crippen molar-refractivity contribution in [2.75, 3.05) is 0 Å². The molecule has 0 bridgehead atoms. The predicted molar refractivity (Wildman–Crippen MR) is 72.3 cm³/mol. The Labute approximate surface area is 128 Å². The average molecular weight is 334 g/mol. The Kier molecular flexibility index (Phi) is 4.58. The van der Waals surface area contributed by atoms with Crippen molar-refractivity contribution in [1.29, 1.82) is 0 Å². The molecular formula is C16H12F6O. The van der Waals surface area contributed by atoms with Crippen molar-refractivity contribution >= 4 is 0 Å². The van der Waals surface area contributed by atoms with E-state index in [2.05, 4.69) is 0 Å². The Morgan fingerprint density at radius 3 is 2.13 bits per heavy atom. The summed E-state index contributed by atoms with van der Waals surface area (Å²) in [5.41, 5.74) is -1.56. The molecule has 2 aromatic rings. The third-order valence-corrected chi connectivity index (χ3v) is 3.15. The topological polar surface area (TPSA) is 9.23 Å². The summed E-state index contributed by atoms with van der Waals surface area (Å²) in [4.78, 5) is 0. The van der Waals surface area contributed by atoms with Gasteiger partial charge in [0.05, 0.1) is 11.1 Å². The van der Waals surface area contributed by atoms with Crippen LogP contribution in [0.2, 0.25) is 0 Å². The van der Waals surface area contributed by atoms with E-state index in [9.17, 15) is 26.3 Å². The first-order valence-corrected chi connectivity index (χ1v) is 6.66. The summed E-state index contributed by atoms with van der Waals surface area (Å²) >= 11 is 0. The van der Waals surface area contributed by atoms with Crippen LogP contribution in [0.4, 0.5) is 26.3 Å². The fourth-order valence-electron chi connectivity index (χ4n) is 1.97. The molecule has 0 N–H and O–H groups in total. The van der Waals surface area contributed by atoms with E-state index in [4.69, 9.17) is 4.74 Å². The van der Waals surface area contributed by atoms with Crippen molar-refractivity contribution in [3.63, 3.8) is 0 Å². The molecule has 1 nitrogen and oxygen atoms in total. The van der Waals surface area contributed by atoms with Gasteiger partial charge in [-0.2, -0.15) is 26.3 Å². The maximum absolute atomic E-state index is 13.1. The number of rotatable bonds is 3. The summed E-state index contributed by atoms with van der Waals surface area (Å²) in [7, 11) is 0. The van der Waals surface area contributed by atoms with Crippen LogP contribution in [-0.4, -0.2) is 0 Å². The summed E-state index contributed by atoms with van der Waals surface area (Å²) in [6.45, 7) is 1.70. The van der Waals surface area contributed by atoms with Gasteiger partial charge in [0.15, 0.2) is 0 Å². The standard InChI is InChI=1S/C16H12F6O/c1-2-10-6-7-14(13(8-10)16(20,21)22)23-12-5-3-4-11(9-12)15(17,18)19/h3-9H,2H2,1H3. The second-order valence-corrected chi connectivity index (χ2v) is 4.81. The van der Waals surface area contributed by atoms with Crippen molar-refractivity contribution in [3.05, 3.63) is 59.2 Å². The quantitative estimate of drug-likeness (QED) is 0.618. The second-order valence-electron chi connectivity index (χ2n) is 4.81. The van der Waals surface area contributed by atoms with Crippen LogP contribution in [-0.2, 0) is 18.8 Å². The van der Waals surface area contributed by atoms with Gasteiger partial charge in [-0.3, -0.25) is 0 Å². The molecule has 0 atom stereocenters. The van der Waals surface area contributed by atoms with Crippen LogP contribution in [0.3, 0.4) is 0 Å². The fourth-order valence-corrected chi connectivity index (χ4v) is 1.97. The minimum absolute atomic E-state index is 0.311. The summed E-state index contributed by atoms with van der Waals surface area (Å²) in [6.07, 6.45) is -8.87. The Balaban J connectivity index is 2.41. The molecule has 124 valence electrons. The minimum Gasteiger partial charge on any atom is -0.457 e. The molecule has 0 aromatic heterocycles. The summed E-state index contributed by atoms with van der Waals surface area (Å²) in [5.74, 6) is -0.844. The highest BCUT2D eigenvalue weighted by atomic mass is 19.4. The molecule has 0 unspecified atom stereocenters. The Morgan fingerprint density at radius 2 is 1.57 bits per heavy atom. The molecule has 0 fully saturated rings. The van der Waals surface area contributed by atoms with E-state index < -0.39 is 29.2 Å². The Morgan fingerprint density at radius 1 is 0.870 bits per heavy atom. The van der Waals surface area contributed by atoms with Gasteiger partial charge in [0.25, 0.3) is 0 Å². The first kappa shape index (κ1) is 17.2. The molecular weight excluding hydrogens is 322 g/mol. The molecule has 0 aliphatic carbocycles. The fraction of sp³-hybridized carbons (Fsp3) is 0.250. The van der Waals surface area contributed by atoms with Crippen LogP contribution in [0.1, 0.15) is 23.6 Å². The summed E-state index contributed by atoms with van der Waals surface area (Å²) in [6, 6.07) is 7.21. The highest BCUT2D eigenvalue weighted by molar-refractivity contribution is 5.43. The molecule has 23 heavy (non-hydrogen) atoms. The number of aryl methyl sites for hydroxylation is 1. The van der Waals surface area contributed by atoms with Crippen LogP contribution >= 0.6 is 0 Å². The van der Waals surface area contributed by atoms with Gasteiger partial charge < -0.3 is 4.74 Å². The zero-order valence-corrected chi connectivity index (χ0v) is 11.9. The van der Waals surface area contributed by atoms with Crippen LogP contribution in [0.5, 0.6) is 11.5 Å². The number of benzene rings is 2. The lowest BCUT2D eigenvalue weighted by Crippen LogP contribution is -2.08. The van der Waals surface area contributed by atoms with E-state index in [-0.39, 0.29) is 5.75 Å². The third kappa shape index (κ3) is 4.18. The normalized spacial score (nSPS) is 12.3. The van der Waals surface area contributed by atoms with Crippen molar-refractivity contribution in [2.45, 2.75) is 25.7 Å². The van der Waals surface area contributed by atoms with E-state index in [1.54, 1.807) is 6.92 Å².